The summed E-state index contributed by atoms with van der Waals surface area (Å²) >= 11 is 0. The number of nitrogen functional groups attached to an aromatic ring is 1. The number of anilines is 1. The van der Waals surface area contributed by atoms with Crippen molar-refractivity contribution in [3.63, 3.8) is 0 Å². The van der Waals surface area contributed by atoms with Crippen molar-refractivity contribution in [1.29, 1.82) is 0 Å². The molecule has 1 saturated carbocycles. The first-order valence-corrected chi connectivity index (χ1v) is 6.81. The van der Waals surface area contributed by atoms with Gasteiger partial charge in [-0.2, -0.15) is 0 Å². The minimum Gasteiger partial charge on any atom is -0.396 e. The van der Waals surface area contributed by atoms with E-state index in [1.807, 2.05) is 20.9 Å². The molecule has 2 rings (SSSR count). The van der Waals surface area contributed by atoms with Crippen molar-refractivity contribution < 1.29 is 4.79 Å². The van der Waals surface area contributed by atoms with E-state index in [9.17, 15) is 4.79 Å². The highest BCUT2D eigenvalue weighted by Crippen LogP contribution is 2.35. The van der Waals surface area contributed by atoms with Crippen molar-refractivity contribution in [2.24, 2.45) is 5.92 Å². The molecule has 5 heteroatoms. The van der Waals surface area contributed by atoms with Gasteiger partial charge in [0, 0.05) is 19.0 Å². The molecule has 0 saturated heterocycles. The van der Waals surface area contributed by atoms with Gasteiger partial charge in [-0.15, -0.1) is 0 Å². The van der Waals surface area contributed by atoms with E-state index in [0.29, 0.717) is 23.1 Å². The lowest BCUT2D eigenvalue weighted by Crippen LogP contribution is -2.37. The van der Waals surface area contributed by atoms with E-state index in [-0.39, 0.29) is 17.9 Å². The number of hydrogen-bond donors (Lipinski definition) is 1. The monoisotopic (exact) mass is 262 g/mol. The van der Waals surface area contributed by atoms with Crippen LogP contribution in [0.1, 0.15) is 55.8 Å². The van der Waals surface area contributed by atoms with E-state index in [1.165, 1.54) is 19.0 Å². The van der Waals surface area contributed by atoms with Crippen LogP contribution < -0.4 is 5.73 Å². The number of nitrogens with zero attached hydrogens (tertiary/aromatic N) is 3. The lowest BCUT2D eigenvalue weighted by molar-refractivity contribution is 0.0722. The molecule has 1 unspecified atom stereocenters. The fourth-order valence-corrected chi connectivity index (χ4v) is 2.10. The number of rotatable bonds is 4. The van der Waals surface area contributed by atoms with Gasteiger partial charge >= 0.3 is 0 Å². The summed E-state index contributed by atoms with van der Waals surface area (Å²) in [6.07, 6.45) is 3.94. The molecular weight excluding hydrogens is 240 g/mol. The van der Waals surface area contributed by atoms with Crippen LogP contribution in [0, 0.1) is 5.92 Å². The number of nitrogens with two attached hydrogens (primary N) is 1. The summed E-state index contributed by atoms with van der Waals surface area (Å²) < 4.78 is 0. The van der Waals surface area contributed by atoms with Crippen LogP contribution in [0.5, 0.6) is 0 Å². The minimum atomic E-state index is -0.110. The number of amides is 1. The number of hydrogen-bond acceptors (Lipinski definition) is 4. The first-order chi connectivity index (χ1) is 8.91. The summed E-state index contributed by atoms with van der Waals surface area (Å²) in [6.45, 7) is 6.07. The summed E-state index contributed by atoms with van der Waals surface area (Å²) in [6, 6.07) is 0.240. The van der Waals surface area contributed by atoms with Crippen LogP contribution in [-0.2, 0) is 0 Å². The van der Waals surface area contributed by atoms with Crippen LogP contribution in [0.25, 0.3) is 0 Å². The first kappa shape index (κ1) is 13.8. The van der Waals surface area contributed by atoms with E-state index >= 15 is 0 Å². The van der Waals surface area contributed by atoms with Gasteiger partial charge < -0.3 is 10.6 Å². The highest BCUT2D eigenvalue weighted by atomic mass is 16.2. The Labute approximate surface area is 114 Å². The van der Waals surface area contributed by atoms with Crippen molar-refractivity contribution in [2.45, 2.75) is 45.6 Å². The molecule has 0 aliphatic heterocycles. The molecule has 19 heavy (non-hydrogen) atoms. The molecule has 1 aromatic heterocycles. The average molecular weight is 262 g/mol. The van der Waals surface area contributed by atoms with Crippen molar-refractivity contribution in [1.82, 2.24) is 14.9 Å². The third kappa shape index (κ3) is 2.85. The standard InChI is InChI=1S/C14H22N4O/c1-8(2)13-16-7-11(15)12(17-13)14(19)18(4)9(3)10-5-6-10/h7-10H,5-6,15H2,1-4H3. The zero-order chi connectivity index (χ0) is 14.2. The van der Waals surface area contributed by atoms with Gasteiger partial charge in [0.25, 0.3) is 5.91 Å². The van der Waals surface area contributed by atoms with E-state index in [2.05, 4.69) is 16.9 Å². The lowest BCUT2D eigenvalue weighted by atomic mass is 10.1. The largest absolute Gasteiger partial charge is 0.396 e. The number of carbonyl (C=O) groups excluding carboxylic acids is 1. The van der Waals surface area contributed by atoms with E-state index in [4.69, 9.17) is 5.73 Å². The average Bonchev–Trinajstić information content (AvgIpc) is 3.20. The number of carbonyl (C=O) groups is 1. The van der Waals surface area contributed by atoms with Crippen molar-refractivity contribution in [3.05, 3.63) is 17.7 Å². The molecule has 5 nitrogen and oxygen atoms in total. The van der Waals surface area contributed by atoms with Gasteiger partial charge in [0.1, 0.15) is 5.82 Å². The maximum Gasteiger partial charge on any atom is 0.274 e. The van der Waals surface area contributed by atoms with Crippen molar-refractivity contribution in [3.8, 4) is 0 Å². The Balaban J connectivity index is 2.24. The Kier molecular flexibility index (Phi) is 3.73. The molecule has 1 aromatic rings. The molecule has 0 aromatic carbocycles. The van der Waals surface area contributed by atoms with E-state index in [0.717, 1.165) is 0 Å². The van der Waals surface area contributed by atoms with Gasteiger partial charge in [-0.25, -0.2) is 9.97 Å². The molecule has 104 valence electrons. The highest BCUT2D eigenvalue weighted by Gasteiger charge is 2.33. The maximum atomic E-state index is 12.5. The normalized spacial score (nSPS) is 16.5. The molecular formula is C14H22N4O. The Morgan fingerprint density at radius 3 is 2.58 bits per heavy atom. The highest BCUT2D eigenvalue weighted by molar-refractivity contribution is 5.97. The van der Waals surface area contributed by atoms with Crippen molar-refractivity contribution >= 4 is 11.6 Å². The molecule has 1 aliphatic rings. The van der Waals surface area contributed by atoms with Gasteiger partial charge in [-0.05, 0) is 25.7 Å². The van der Waals surface area contributed by atoms with Gasteiger partial charge in [-0.3, -0.25) is 4.79 Å². The topological polar surface area (TPSA) is 72.1 Å². The van der Waals surface area contributed by atoms with Gasteiger partial charge in [0.15, 0.2) is 5.69 Å². The summed E-state index contributed by atoms with van der Waals surface area (Å²) in [5.74, 6) is 1.35. The summed E-state index contributed by atoms with van der Waals surface area (Å²) in [5, 5.41) is 0. The molecule has 0 bridgehead atoms. The molecule has 1 aliphatic carbocycles. The molecule has 1 atom stereocenters. The smallest absolute Gasteiger partial charge is 0.274 e. The third-order valence-corrected chi connectivity index (χ3v) is 3.79. The number of aromatic nitrogens is 2. The fraction of sp³-hybridized carbons (Fsp3) is 0.643. The quantitative estimate of drug-likeness (QED) is 0.901. The molecule has 0 spiro atoms. The summed E-state index contributed by atoms with van der Waals surface area (Å²) in [5.41, 5.74) is 6.53. The van der Waals surface area contributed by atoms with Gasteiger partial charge in [-0.1, -0.05) is 13.8 Å². The second-order valence-corrected chi connectivity index (χ2v) is 5.68. The van der Waals surface area contributed by atoms with Crippen LogP contribution in [-0.4, -0.2) is 33.9 Å². The molecule has 2 N–H and O–H groups in total. The van der Waals surface area contributed by atoms with Crippen LogP contribution in [0.2, 0.25) is 0 Å². The summed E-state index contributed by atoms with van der Waals surface area (Å²) in [4.78, 5) is 22.7. The first-order valence-electron chi connectivity index (χ1n) is 6.81. The summed E-state index contributed by atoms with van der Waals surface area (Å²) in [7, 11) is 1.82. The molecule has 0 radical (unpaired) electrons. The van der Waals surface area contributed by atoms with E-state index < -0.39 is 0 Å². The predicted octanol–water partition coefficient (Wildman–Crippen LogP) is 2.05. The van der Waals surface area contributed by atoms with Crippen LogP contribution >= 0.6 is 0 Å². The zero-order valence-electron chi connectivity index (χ0n) is 12.1. The Morgan fingerprint density at radius 1 is 1.42 bits per heavy atom. The second-order valence-electron chi connectivity index (χ2n) is 5.68. The van der Waals surface area contributed by atoms with Gasteiger partial charge in [0.05, 0.1) is 11.9 Å². The van der Waals surface area contributed by atoms with Crippen LogP contribution in [0.3, 0.4) is 0 Å². The zero-order valence-corrected chi connectivity index (χ0v) is 12.1. The molecule has 1 amide bonds. The third-order valence-electron chi connectivity index (χ3n) is 3.79. The Morgan fingerprint density at radius 2 is 2.05 bits per heavy atom. The Bertz CT molecular complexity index is 482. The SMILES string of the molecule is CC(C)c1ncc(N)c(C(=O)N(C)C(C)C2CC2)n1. The Hall–Kier alpha value is -1.65. The van der Waals surface area contributed by atoms with Crippen molar-refractivity contribution in [2.75, 3.05) is 12.8 Å². The van der Waals surface area contributed by atoms with E-state index in [1.54, 1.807) is 4.90 Å². The molecule has 1 fully saturated rings. The van der Waals surface area contributed by atoms with Gasteiger partial charge in [0.2, 0.25) is 0 Å². The van der Waals surface area contributed by atoms with Crippen LogP contribution in [0.4, 0.5) is 5.69 Å². The second kappa shape index (κ2) is 5.15. The maximum absolute atomic E-state index is 12.5. The predicted molar refractivity (Wildman–Crippen MR) is 74.8 cm³/mol. The van der Waals surface area contributed by atoms with Crippen LogP contribution in [0.15, 0.2) is 6.20 Å². The lowest BCUT2D eigenvalue weighted by Gasteiger charge is -2.25. The molecule has 1 heterocycles. The minimum absolute atomic E-state index is 0.110. The fourth-order valence-electron chi connectivity index (χ4n) is 2.10.